The monoisotopic (exact) mass is 243 g/mol. The van der Waals surface area contributed by atoms with Crippen molar-refractivity contribution < 1.29 is 15.0 Å². The van der Waals surface area contributed by atoms with Gasteiger partial charge in [-0.15, -0.1) is 0 Å². The minimum atomic E-state index is -0.805. The molecule has 0 saturated heterocycles. The van der Waals surface area contributed by atoms with Crippen molar-refractivity contribution in [2.75, 3.05) is 6.61 Å². The molecular formula is C13H25NO3. The van der Waals surface area contributed by atoms with Crippen molar-refractivity contribution in [3.8, 4) is 0 Å². The summed E-state index contributed by atoms with van der Waals surface area (Å²) < 4.78 is 0. The Morgan fingerprint density at radius 3 is 2.29 bits per heavy atom. The van der Waals surface area contributed by atoms with Crippen LogP contribution in [-0.2, 0) is 4.79 Å². The van der Waals surface area contributed by atoms with E-state index in [9.17, 15) is 15.0 Å². The third-order valence-corrected chi connectivity index (χ3v) is 3.57. The van der Waals surface area contributed by atoms with Crippen molar-refractivity contribution in [3.05, 3.63) is 0 Å². The molecule has 0 amide bonds. The summed E-state index contributed by atoms with van der Waals surface area (Å²) in [5, 5.41) is 22.0. The van der Waals surface area contributed by atoms with E-state index in [2.05, 4.69) is 19.2 Å². The second kappa shape index (κ2) is 6.36. The third-order valence-electron chi connectivity index (χ3n) is 3.57. The Bertz CT molecular complexity index is 247. The van der Waals surface area contributed by atoms with Crippen molar-refractivity contribution in [2.45, 2.75) is 64.0 Å². The number of nitrogens with one attached hydrogen (secondary N) is 1. The zero-order valence-corrected chi connectivity index (χ0v) is 10.9. The summed E-state index contributed by atoms with van der Waals surface area (Å²) in [4.78, 5) is 11.5. The molecule has 0 aromatic rings. The molecule has 4 heteroatoms. The molecule has 17 heavy (non-hydrogen) atoms. The van der Waals surface area contributed by atoms with E-state index >= 15 is 0 Å². The second-order valence-corrected chi connectivity index (χ2v) is 5.60. The van der Waals surface area contributed by atoms with Crippen molar-refractivity contribution in [1.29, 1.82) is 0 Å². The molecule has 1 rings (SSSR count). The quantitative estimate of drug-likeness (QED) is 0.665. The van der Waals surface area contributed by atoms with Crippen LogP contribution in [0.3, 0.4) is 0 Å². The molecule has 1 aliphatic carbocycles. The van der Waals surface area contributed by atoms with E-state index in [0.29, 0.717) is 18.8 Å². The Hall–Kier alpha value is -0.610. The summed E-state index contributed by atoms with van der Waals surface area (Å²) in [6.07, 6.45) is 5.20. The van der Waals surface area contributed by atoms with Crippen LogP contribution in [0, 0.1) is 5.92 Å². The summed E-state index contributed by atoms with van der Waals surface area (Å²) in [5.74, 6) is -0.312. The fourth-order valence-electron chi connectivity index (χ4n) is 2.71. The first-order chi connectivity index (χ1) is 8.00. The molecule has 0 bridgehead atoms. The molecule has 0 radical (unpaired) electrons. The summed E-state index contributed by atoms with van der Waals surface area (Å²) in [7, 11) is 0. The van der Waals surface area contributed by atoms with Crippen molar-refractivity contribution in [3.63, 3.8) is 0 Å². The first-order valence-electron chi connectivity index (χ1n) is 6.62. The zero-order valence-electron chi connectivity index (χ0n) is 10.9. The summed E-state index contributed by atoms with van der Waals surface area (Å²) >= 11 is 0. The van der Waals surface area contributed by atoms with Crippen LogP contribution in [0.15, 0.2) is 0 Å². The minimum Gasteiger partial charge on any atom is -0.480 e. The Labute approximate surface area is 103 Å². The zero-order chi connectivity index (χ0) is 12.9. The number of hydrogen-bond donors (Lipinski definition) is 3. The number of hydrogen-bond acceptors (Lipinski definition) is 3. The lowest BCUT2D eigenvalue weighted by atomic mass is 9.80. The molecule has 4 nitrogen and oxygen atoms in total. The van der Waals surface area contributed by atoms with Crippen molar-refractivity contribution in [1.82, 2.24) is 5.32 Å². The maximum atomic E-state index is 11.5. The predicted octanol–water partition coefficient (Wildman–Crippen LogP) is 1.77. The fourth-order valence-corrected chi connectivity index (χ4v) is 2.71. The lowest BCUT2D eigenvalue weighted by Gasteiger charge is -2.37. The van der Waals surface area contributed by atoms with Gasteiger partial charge in [-0.2, -0.15) is 0 Å². The van der Waals surface area contributed by atoms with Gasteiger partial charge in [-0.1, -0.05) is 33.1 Å². The van der Waals surface area contributed by atoms with E-state index < -0.39 is 11.5 Å². The maximum absolute atomic E-state index is 11.5. The number of rotatable bonds is 6. The van der Waals surface area contributed by atoms with Gasteiger partial charge in [0, 0.05) is 6.04 Å². The molecule has 1 saturated carbocycles. The summed E-state index contributed by atoms with van der Waals surface area (Å²) in [6.45, 7) is 4.17. The minimum absolute atomic E-state index is 0.00715. The molecule has 0 aromatic heterocycles. The van der Waals surface area contributed by atoms with Crippen LogP contribution in [0.5, 0.6) is 0 Å². The molecule has 1 fully saturated rings. The van der Waals surface area contributed by atoms with E-state index in [4.69, 9.17) is 0 Å². The number of aliphatic hydroxyl groups is 1. The standard InChI is InChI=1S/C13H25NO3/c1-10(2)8-11(9-15)14-13(12(16)17)6-4-3-5-7-13/h10-11,14-15H,3-9H2,1-2H3,(H,16,17). The van der Waals surface area contributed by atoms with Gasteiger partial charge in [0.15, 0.2) is 0 Å². The van der Waals surface area contributed by atoms with Crippen LogP contribution in [-0.4, -0.2) is 34.4 Å². The second-order valence-electron chi connectivity index (χ2n) is 5.60. The van der Waals surface area contributed by atoms with E-state index in [0.717, 1.165) is 25.7 Å². The first kappa shape index (κ1) is 14.5. The lowest BCUT2D eigenvalue weighted by Crippen LogP contribution is -2.58. The maximum Gasteiger partial charge on any atom is 0.323 e. The molecule has 1 atom stereocenters. The van der Waals surface area contributed by atoms with Gasteiger partial charge in [0.05, 0.1) is 6.61 Å². The van der Waals surface area contributed by atoms with Crippen LogP contribution < -0.4 is 5.32 Å². The molecule has 0 spiro atoms. The van der Waals surface area contributed by atoms with Gasteiger partial charge >= 0.3 is 5.97 Å². The van der Waals surface area contributed by atoms with Crippen LogP contribution in [0.4, 0.5) is 0 Å². The van der Waals surface area contributed by atoms with Crippen LogP contribution in [0.1, 0.15) is 52.4 Å². The largest absolute Gasteiger partial charge is 0.480 e. The van der Waals surface area contributed by atoms with Gasteiger partial charge < -0.3 is 10.2 Å². The number of aliphatic carboxylic acids is 1. The molecule has 1 unspecified atom stereocenters. The normalized spacial score (nSPS) is 21.4. The summed E-state index contributed by atoms with van der Waals surface area (Å²) in [5.41, 5.74) is -0.805. The number of aliphatic hydroxyl groups excluding tert-OH is 1. The number of carboxylic acids is 1. The topological polar surface area (TPSA) is 69.6 Å². The lowest BCUT2D eigenvalue weighted by molar-refractivity contribution is -0.147. The third kappa shape index (κ3) is 3.96. The van der Waals surface area contributed by atoms with Crippen LogP contribution >= 0.6 is 0 Å². The van der Waals surface area contributed by atoms with Gasteiger partial charge in [0.1, 0.15) is 5.54 Å². The van der Waals surface area contributed by atoms with Crippen molar-refractivity contribution >= 4 is 5.97 Å². The van der Waals surface area contributed by atoms with Crippen molar-refractivity contribution in [2.24, 2.45) is 5.92 Å². The van der Waals surface area contributed by atoms with E-state index in [1.54, 1.807) is 0 Å². The molecule has 0 heterocycles. The highest BCUT2D eigenvalue weighted by molar-refractivity contribution is 5.79. The molecule has 100 valence electrons. The highest BCUT2D eigenvalue weighted by Gasteiger charge is 2.40. The smallest absolute Gasteiger partial charge is 0.323 e. The van der Waals surface area contributed by atoms with Crippen LogP contribution in [0.2, 0.25) is 0 Å². The molecule has 0 aromatic carbocycles. The molecule has 3 N–H and O–H groups in total. The molecule has 0 aliphatic heterocycles. The number of carboxylic acid groups (broad SMARTS) is 1. The molecule has 1 aliphatic rings. The van der Waals surface area contributed by atoms with Crippen LogP contribution in [0.25, 0.3) is 0 Å². The Kier molecular flexibility index (Phi) is 5.40. The Morgan fingerprint density at radius 2 is 1.88 bits per heavy atom. The Balaban J connectivity index is 2.67. The van der Waals surface area contributed by atoms with E-state index in [1.807, 2.05) is 0 Å². The highest BCUT2D eigenvalue weighted by atomic mass is 16.4. The number of carbonyl (C=O) groups is 1. The summed E-state index contributed by atoms with van der Waals surface area (Å²) in [6, 6.07) is -0.107. The SMILES string of the molecule is CC(C)CC(CO)NC1(C(=O)O)CCCCC1. The fraction of sp³-hybridized carbons (Fsp3) is 0.923. The van der Waals surface area contributed by atoms with E-state index in [-0.39, 0.29) is 12.6 Å². The van der Waals surface area contributed by atoms with Gasteiger partial charge in [0.25, 0.3) is 0 Å². The van der Waals surface area contributed by atoms with Gasteiger partial charge in [-0.25, -0.2) is 0 Å². The predicted molar refractivity (Wildman–Crippen MR) is 66.9 cm³/mol. The average Bonchev–Trinajstić information content (AvgIpc) is 2.28. The van der Waals surface area contributed by atoms with Gasteiger partial charge in [-0.3, -0.25) is 10.1 Å². The molecular weight excluding hydrogens is 218 g/mol. The Morgan fingerprint density at radius 1 is 1.29 bits per heavy atom. The highest BCUT2D eigenvalue weighted by Crippen LogP contribution is 2.29. The van der Waals surface area contributed by atoms with Gasteiger partial charge in [-0.05, 0) is 25.2 Å². The first-order valence-corrected chi connectivity index (χ1v) is 6.62. The average molecular weight is 243 g/mol. The van der Waals surface area contributed by atoms with E-state index in [1.165, 1.54) is 0 Å². The van der Waals surface area contributed by atoms with Gasteiger partial charge in [0.2, 0.25) is 0 Å².